The molecule has 74 valence electrons. The minimum atomic E-state index is -0.487. The van der Waals surface area contributed by atoms with E-state index in [2.05, 4.69) is 0 Å². The maximum absolute atomic E-state index is 6.13. The lowest BCUT2D eigenvalue weighted by molar-refractivity contribution is -0.178. The van der Waals surface area contributed by atoms with Gasteiger partial charge in [0.05, 0.1) is 13.2 Å². The first-order valence-electron chi connectivity index (χ1n) is 4.80. The van der Waals surface area contributed by atoms with Gasteiger partial charge in [0.15, 0.2) is 5.79 Å². The predicted molar refractivity (Wildman–Crippen MR) is 49.9 cm³/mol. The fraction of sp³-hybridized carbons (Fsp3) is 1.00. The number of hydrogen-bond donors (Lipinski definition) is 0. The zero-order valence-corrected chi connectivity index (χ0v) is 8.77. The van der Waals surface area contributed by atoms with Crippen LogP contribution >= 0.6 is 23.2 Å². The summed E-state index contributed by atoms with van der Waals surface area (Å²) in [5.41, 5.74) is 0. The van der Waals surface area contributed by atoms with Crippen LogP contribution in [-0.4, -0.2) is 23.3 Å². The van der Waals surface area contributed by atoms with Crippen molar-refractivity contribution in [2.75, 3.05) is 13.2 Å². The summed E-state index contributed by atoms with van der Waals surface area (Å²) < 4.78 is 10.8. The van der Waals surface area contributed by atoms with Crippen molar-refractivity contribution in [1.82, 2.24) is 0 Å². The highest BCUT2D eigenvalue weighted by atomic mass is 35.5. The molecule has 3 aliphatic rings. The molecule has 1 heterocycles. The molecule has 13 heavy (non-hydrogen) atoms. The number of fused-ring (bicyclic) bond motifs is 1. The van der Waals surface area contributed by atoms with Gasteiger partial charge in [-0.25, -0.2) is 0 Å². The molecule has 2 saturated carbocycles. The van der Waals surface area contributed by atoms with Gasteiger partial charge in [-0.1, -0.05) is 0 Å². The summed E-state index contributed by atoms with van der Waals surface area (Å²) in [7, 11) is 0. The molecular weight excluding hydrogens is 211 g/mol. The summed E-state index contributed by atoms with van der Waals surface area (Å²) in [5.74, 6) is 0.545. The number of ether oxygens (including phenoxy) is 2. The molecule has 0 aromatic carbocycles. The molecule has 4 heteroatoms. The van der Waals surface area contributed by atoms with Gasteiger partial charge in [-0.2, -0.15) is 0 Å². The second-order valence-electron chi connectivity index (χ2n) is 4.24. The van der Waals surface area contributed by atoms with Crippen LogP contribution in [0.2, 0.25) is 0 Å². The average molecular weight is 223 g/mol. The van der Waals surface area contributed by atoms with Crippen LogP contribution in [0.25, 0.3) is 0 Å². The maximum atomic E-state index is 6.13. The van der Waals surface area contributed by atoms with E-state index in [1.807, 2.05) is 0 Å². The fourth-order valence-corrected chi connectivity index (χ4v) is 3.56. The quantitative estimate of drug-likeness (QED) is 0.587. The highest BCUT2D eigenvalue weighted by Gasteiger charge is 2.68. The Morgan fingerprint density at radius 3 is 2.38 bits per heavy atom. The zero-order valence-electron chi connectivity index (χ0n) is 7.26. The van der Waals surface area contributed by atoms with Crippen molar-refractivity contribution in [3.05, 3.63) is 0 Å². The van der Waals surface area contributed by atoms with Gasteiger partial charge in [-0.15, -0.1) is 23.2 Å². The molecule has 0 bridgehead atoms. The second-order valence-corrected chi connectivity index (χ2v) is 5.68. The second kappa shape index (κ2) is 2.54. The first-order valence-corrected chi connectivity index (χ1v) is 5.55. The third-order valence-corrected chi connectivity index (χ3v) is 4.67. The summed E-state index contributed by atoms with van der Waals surface area (Å²) in [6.45, 7) is 1.43. The lowest BCUT2D eigenvalue weighted by Crippen LogP contribution is -2.33. The lowest BCUT2D eigenvalue weighted by Gasteiger charge is -2.30. The number of alkyl halides is 2. The molecule has 0 aromatic rings. The molecule has 0 amide bonds. The van der Waals surface area contributed by atoms with E-state index in [0.717, 1.165) is 32.5 Å². The largest absolute Gasteiger partial charge is 0.348 e. The first-order chi connectivity index (χ1) is 6.14. The molecule has 3 fully saturated rings. The Labute approximate surface area is 87.5 Å². The monoisotopic (exact) mass is 222 g/mol. The Morgan fingerprint density at radius 1 is 1.08 bits per heavy atom. The van der Waals surface area contributed by atoms with Crippen LogP contribution in [0.15, 0.2) is 0 Å². The van der Waals surface area contributed by atoms with Crippen LogP contribution in [0, 0.1) is 11.8 Å². The van der Waals surface area contributed by atoms with Crippen LogP contribution in [0.3, 0.4) is 0 Å². The Kier molecular flexibility index (Phi) is 1.72. The van der Waals surface area contributed by atoms with Gasteiger partial charge in [-0.3, -0.25) is 0 Å². The Bertz CT molecular complexity index is 236. The molecule has 0 radical (unpaired) electrons. The maximum Gasteiger partial charge on any atom is 0.168 e. The summed E-state index contributed by atoms with van der Waals surface area (Å²) >= 11 is 12.3. The van der Waals surface area contributed by atoms with Crippen LogP contribution in [0.1, 0.15) is 19.3 Å². The standard InChI is InChI=1S/C9H12Cl2O2/c10-9(11)6-1-2-8(5-7(6)9)12-3-4-13-8/h6-7H,1-5H2. The molecule has 2 unspecified atom stereocenters. The average Bonchev–Trinajstić information content (AvgIpc) is 2.49. The Morgan fingerprint density at radius 2 is 1.77 bits per heavy atom. The molecule has 3 rings (SSSR count). The molecule has 0 N–H and O–H groups in total. The van der Waals surface area contributed by atoms with Gasteiger partial charge in [0.25, 0.3) is 0 Å². The summed E-state index contributed by atoms with van der Waals surface area (Å²) in [4.78, 5) is 0. The topological polar surface area (TPSA) is 18.5 Å². The molecule has 1 spiro atoms. The van der Waals surface area contributed by atoms with Crippen molar-refractivity contribution in [2.24, 2.45) is 11.8 Å². The number of halogens is 2. The lowest BCUT2D eigenvalue weighted by atomic mass is 9.94. The van der Waals surface area contributed by atoms with Gasteiger partial charge >= 0.3 is 0 Å². The zero-order chi connectivity index (χ0) is 9.10. The van der Waals surface area contributed by atoms with Crippen LogP contribution in [-0.2, 0) is 9.47 Å². The van der Waals surface area contributed by atoms with Gasteiger partial charge in [0.1, 0.15) is 4.33 Å². The van der Waals surface area contributed by atoms with Gasteiger partial charge in [0.2, 0.25) is 0 Å². The molecule has 1 saturated heterocycles. The number of rotatable bonds is 0. The summed E-state index contributed by atoms with van der Waals surface area (Å²) in [5, 5.41) is 0. The van der Waals surface area contributed by atoms with Crippen molar-refractivity contribution in [3.8, 4) is 0 Å². The fourth-order valence-electron chi connectivity index (χ4n) is 2.70. The third kappa shape index (κ3) is 1.16. The van der Waals surface area contributed by atoms with Crippen molar-refractivity contribution in [2.45, 2.75) is 29.4 Å². The predicted octanol–water partition coefficient (Wildman–Crippen LogP) is 2.33. The van der Waals surface area contributed by atoms with E-state index in [4.69, 9.17) is 32.7 Å². The smallest absolute Gasteiger partial charge is 0.168 e. The Balaban J connectivity index is 1.76. The summed E-state index contributed by atoms with van der Waals surface area (Å²) in [6, 6.07) is 0. The molecule has 1 aliphatic heterocycles. The Hall–Kier alpha value is 0.500. The van der Waals surface area contributed by atoms with Crippen molar-refractivity contribution >= 4 is 23.2 Å². The van der Waals surface area contributed by atoms with E-state index in [0.29, 0.717) is 11.8 Å². The minimum Gasteiger partial charge on any atom is -0.348 e. The van der Waals surface area contributed by atoms with E-state index < -0.39 is 4.33 Å². The van der Waals surface area contributed by atoms with E-state index in [9.17, 15) is 0 Å². The van der Waals surface area contributed by atoms with Crippen LogP contribution in [0.5, 0.6) is 0 Å². The minimum absolute atomic E-state index is 0.327. The van der Waals surface area contributed by atoms with E-state index in [1.165, 1.54) is 0 Å². The highest BCUT2D eigenvalue weighted by Crippen LogP contribution is 2.67. The van der Waals surface area contributed by atoms with E-state index >= 15 is 0 Å². The molecule has 2 nitrogen and oxygen atoms in total. The molecule has 2 atom stereocenters. The van der Waals surface area contributed by atoms with E-state index in [1.54, 1.807) is 0 Å². The highest BCUT2D eigenvalue weighted by molar-refractivity contribution is 6.51. The third-order valence-electron chi connectivity index (χ3n) is 3.55. The SMILES string of the molecule is ClC1(Cl)C2CCC3(CC21)OCCO3. The summed E-state index contributed by atoms with van der Waals surface area (Å²) in [6.07, 6.45) is 2.87. The van der Waals surface area contributed by atoms with Crippen LogP contribution in [0.4, 0.5) is 0 Å². The molecule has 0 aromatic heterocycles. The van der Waals surface area contributed by atoms with Crippen LogP contribution < -0.4 is 0 Å². The van der Waals surface area contributed by atoms with E-state index in [-0.39, 0.29) is 5.79 Å². The van der Waals surface area contributed by atoms with Crippen molar-refractivity contribution in [1.29, 1.82) is 0 Å². The normalized spacial score (nSPS) is 44.8. The van der Waals surface area contributed by atoms with Crippen molar-refractivity contribution < 1.29 is 9.47 Å². The van der Waals surface area contributed by atoms with Gasteiger partial charge < -0.3 is 9.47 Å². The van der Waals surface area contributed by atoms with Gasteiger partial charge in [0, 0.05) is 18.8 Å². The number of hydrogen-bond acceptors (Lipinski definition) is 2. The van der Waals surface area contributed by atoms with Gasteiger partial charge in [-0.05, 0) is 12.3 Å². The first kappa shape index (κ1) is 8.78. The molecular formula is C9H12Cl2O2. The van der Waals surface area contributed by atoms with Crippen molar-refractivity contribution in [3.63, 3.8) is 0 Å². The molecule has 2 aliphatic carbocycles.